The van der Waals surface area contributed by atoms with E-state index in [9.17, 15) is 4.39 Å². The summed E-state index contributed by atoms with van der Waals surface area (Å²) in [7, 11) is 0. The molecule has 1 atom stereocenters. The van der Waals surface area contributed by atoms with Crippen LogP contribution in [0.3, 0.4) is 0 Å². The zero-order valence-corrected chi connectivity index (χ0v) is 11.9. The molecule has 1 fully saturated rings. The van der Waals surface area contributed by atoms with Gasteiger partial charge in [-0.05, 0) is 37.1 Å². The van der Waals surface area contributed by atoms with Gasteiger partial charge in [-0.15, -0.1) is 0 Å². The number of piperazine rings is 1. The Morgan fingerprint density at radius 3 is 2.58 bits per heavy atom. The van der Waals surface area contributed by atoms with Gasteiger partial charge in [0.05, 0.1) is 0 Å². The van der Waals surface area contributed by atoms with Crippen molar-refractivity contribution in [1.82, 2.24) is 9.80 Å². The van der Waals surface area contributed by atoms with Crippen molar-refractivity contribution in [3.63, 3.8) is 0 Å². The molecule has 3 nitrogen and oxygen atoms in total. The van der Waals surface area contributed by atoms with Gasteiger partial charge in [-0.1, -0.05) is 6.92 Å². The summed E-state index contributed by atoms with van der Waals surface area (Å²) in [5, 5.41) is 0. The van der Waals surface area contributed by atoms with E-state index in [4.69, 9.17) is 5.73 Å². The van der Waals surface area contributed by atoms with Gasteiger partial charge in [0.15, 0.2) is 0 Å². The van der Waals surface area contributed by atoms with E-state index in [0.29, 0.717) is 11.7 Å². The number of halogens is 1. The number of benzene rings is 1. The fraction of sp³-hybridized carbons (Fsp3) is 0.600. The molecule has 0 bridgehead atoms. The van der Waals surface area contributed by atoms with Crippen molar-refractivity contribution in [2.75, 3.05) is 31.9 Å². The Kier molecular flexibility index (Phi) is 4.77. The lowest BCUT2D eigenvalue weighted by molar-refractivity contribution is 0.0964. The first-order valence-corrected chi connectivity index (χ1v) is 7.10. The second-order valence-electron chi connectivity index (χ2n) is 5.41. The second-order valence-corrected chi connectivity index (χ2v) is 5.41. The number of rotatable bonds is 4. The molecule has 0 radical (unpaired) electrons. The van der Waals surface area contributed by atoms with Crippen molar-refractivity contribution >= 4 is 5.69 Å². The van der Waals surface area contributed by atoms with Gasteiger partial charge in [0, 0.05) is 44.5 Å². The summed E-state index contributed by atoms with van der Waals surface area (Å²) in [6.07, 6.45) is 1.19. The first kappa shape index (κ1) is 14.3. The number of hydrogen-bond donors (Lipinski definition) is 1. The van der Waals surface area contributed by atoms with Crippen molar-refractivity contribution in [1.29, 1.82) is 0 Å². The summed E-state index contributed by atoms with van der Waals surface area (Å²) in [6.45, 7) is 9.48. The first-order valence-electron chi connectivity index (χ1n) is 7.10. The van der Waals surface area contributed by atoms with Crippen LogP contribution in [0, 0.1) is 5.82 Å². The van der Waals surface area contributed by atoms with Gasteiger partial charge in [0.1, 0.15) is 5.82 Å². The number of nitrogen functional groups attached to an aromatic ring is 1. The van der Waals surface area contributed by atoms with Crippen LogP contribution >= 0.6 is 0 Å². The van der Waals surface area contributed by atoms with Crippen molar-refractivity contribution in [3.8, 4) is 0 Å². The maximum Gasteiger partial charge on any atom is 0.123 e. The molecule has 106 valence electrons. The van der Waals surface area contributed by atoms with Gasteiger partial charge < -0.3 is 5.73 Å². The second kappa shape index (κ2) is 6.35. The van der Waals surface area contributed by atoms with E-state index in [1.807, 2.05) is 0 Å². The molecule has 1 aliphatic rings. The van der Waals surface area contributed by atoms with Gasteiger partial charge in [0.2, 0.25) is 0 Å². The van der Waals surface area contributed by atoms with Crippen LogP contribution in [0.2, 0.25) is 0 Å². The van der Waals surface area contributed by atoms with Crippen LogP contribution in [0.5, 0.6) is 0 Å². The van der Waals surface area contributed by atoms with Gasteiger partial charge in [0.25, 0.3) is 0 Å². The van der Waals surface area contributed by atoms with Gasteiger partial charge >= 0.3 is 0 Å². The molecule has 0 aliphatic carbocycles. The predicted octanol–water partition coefficient (Wildman–Crippen LogP) is 2.32. The zero-order valence-electron chi connectivity index (χ0n) is 11.9. The number of nitrogens with zero attached hydrogens (tertiary/aromatic N) is 2. The zero-order chi connectivity index (χ0) is 13.8. The minimum atomic E-state index is -0.206. The SMILES string of the molecule is CCC(C)N1CCN(Cc2cc(F)ccc2N)CC1. The molecule has 4 heteroatoms. The maximum absolute atomic E-state index is 13.2. The lowest BCUT2D eigenvalue weighted by Gasteiger charge is -2.38. The Hall–Kier alpha value is -1.13. The third-order valence-electron chi connectivity index (χ3n) is 4.12. The molecule has 1 aromatic carbocycles. The van der Waals surface area contributed by atoms with Crippen molar-refractivity contribution < 1.29 is 4.39 Å². The van der Waals surface area contributed by atoms with E-state index < -0.39 is 0 Å². The average molecular weight is 265 g/mol. The van der Waals surface area contributed by atoms with Crippen LogP contribution in [0.15, 0.2) is 18.2 Å². The van der Waals surface area contributed by atoms with Crippen LogP contribution in [-0.4, -0.2) is 42.0 Å². The van der Waals surface area contributed by atoms with Crippen molar-refractivity contribution in [2.45, 2.75) is 32.9 Å². The quantitative estimate of drug-likeness (QED) is 0.848. The molecule has 0 saturated carbocycles. The highest BCUT2D eigenvalue weighted by molar-refractivity contribution is 5.46. The van der Waals surface area contributed by atoms with Crippen LogP contribution in [0.4, 0.5) is 10.1 Å². The Morgan fingerprint density at radius 2 is 1.95 bits per heavy atom. The fourth-order valence-corrected chi connectivity index (χ4v) is 2.57. The number of anilines is 1. The number of hydrogen-bond acceptors (Lipinski definition) is 3. The van der Waals surface area contributed by atoms with E-state index in [1.54, 1.807) is 12.1 Å². The first-order chi connectivity index (χ1) is 9.10. The molecule has 0 aromatic heterocycles. The van der Waals surface area contributed by atoms with E-state index >= 15 is 0 Å². The predicted molar refractivity (Wildman–Crippen MR) is 77.4 cm³/mol. The molecule has 1 aromatic rings. The normalized spacial score (nSPS) is 19.5. The lowest BCUT2D eigenvalue weighted by Crippen LogP contribution is -2.49. The van der Waals surface area contributed by atoms with E-state index in [-0.39, 0.29) is 5.82 Å². The molecule has 1 aliphatic heterocycles. The highest BCUT2D eigenvalue weighted by Crippen LogP contribution is 2.17. The molecule has 1 saturated heterocycles. The summed E-state index contributed by atoms with van der Waals surface area (Å²) in [5.41, 5.74) is 7.49. The minimum Gasteiger partial charge on any atom is -0.398 e. The Morgan fingerprint density at radius 1 is 1.26 bits per heavy atom. The van der Waals surface area contributed by atoms with Gasteiger partial charge in [-0.2, -0.15) is 0 Å². The third-order valence-corrected chi connectivity index (χ3v) is 4.12. The molecule has 0 amide bonds. The summed E-state index contributed by atoms with van der Waals surface area (Å²) in [4.78, 5) is 4.87. The smallest absolute Gasteiger partial charge is 0.123 e. The van der Waals surface area contributed by atoms with E-state index in [2.05, 4.69) is 23.6 Å². The van der Waals surface area contributed by atoms with Crippen LogP contribution < -0.4 is 5.73 Å². The molecule has 19 heavy (non-hydrogen) atoms. The Bertz CT molecular complexity index is 414. The average Bonchev–Trinajstić information content (AvgIpc) is 2.43. The molecule has 1 unspecified atom stereocenters. The lowest BCUT2D eigenvalue weighted by atomic mass is 10.1. The molecule has 1 heterocycles. The van der Waals surface area contributed by atoms with Crippen LogP contribution in [0.1, 0.15) is 25.8 Å². The summed E-state index contributed by atoms with van der Waals surface area (Å²) in [6, 6.07) is 5.28. The van der Waals surface area contributed by atoms with E-state index in [0.717, 1.165) is 38.3 Å². The topological polar surface area (TPSA) is 32.5 Å². The largest absolute Gasteiger partial charge is 0.398 e. The molecule has 2 N–H and O–H groups in total. The van der Waals surface area contributed by atoms with E-state index in [1.165, 1.54) is 12.5 Å². The van der Waals surface area contributed by atoms with Gasteiger partial charge in [-0.3, -0.25) is 9.80 Å². The Balaban J connectivity index is 1.90. The van der Waals surface area contributed by atoms with Crippen molar-refractivity contribution in [2.24, 2.45) is 0 Å². The minimum absolute atomic E-state index is 0.206. The monoisotopic (exact) mass is 265 g/mol. The summed E-state index contributed by atoms with van der Waals surface area (Å²) >= 11 is 0. The standard InChI is InChI=1S/C15H24FN3/c1-3-12(2)19-8-6-18(7-9-19)11-13-10-14(16)4-5-15(13)17/h4-5,10,12H,3,6-9,11,17H2,1-2H3. The molecular formula is C15H24FN3. The van der Waals surface area contributed by atoms with Crippen LogP contribution in [0.25, 0.3) is 0 Å². The third kappa shape index (κ3) is 3.67. The fourth-order valence-electron chi connectivity index (χ4n) is 2.57. The highest BCUT2D eigenvalue weighted by Gasteiger charge is 2.20. The maximum atomic E-state index is 13.2. The molecule has 2 rings (SSSR count). The summed E-state index contributed by atoms with van der Waals surface area (Å²) < 4.78 is 13.2. The highest BCUT2D eigenvalue weighted by atomic mass is 19.1. The van der Waals surface area contributed by atoms with Crippen LogP contribution in [-0.2, 0) is 6.54 Å². The van der Waals surface area contributed by atoms with Crippen molar-refractivity contribution in [3.05, 3.63) is 29.6 Å². The summed E-state index contributed by atoms with van der Waals surface area (Å²) in [5.74, 6) is -0.206. The Labute approximate surface area is 115 Å². The molecule has 0 spiro atoms. The van der Waals surface area contributed by atoms with Gasteiger partial charge in [-0.25, -0.2) is 4.39 Å². The molecular weight excluding hydrogens is 241 g/mol. The number of nitrogens with two attached hydrogens (primary N) is 1.